The SMILES string of the molecule is COc1cccc(CC2(C#N)CCN(C(=O)OC(C)(C)C)CC2)c1Br. The number of nitriles is 1. The van der Waals surface area contributed by atoms with Gasteiger partial charge in [0.05, 0.1) is 23.1 Å². The van der Waals surface area contributed by atoms with Crippen LogP contribution in [-0.4, -0.2) is 36.8 Å². The number of carbonyl (C=O) groups is 1. The van der Waals surface area contributed by atoms with E-state index < -0.39 is 11.0 Å². The summed E-state index contributed by atoms with van der Waals surface area (Å²) in [4.78, 5) is 13.9. The monoisotopic (exact) mass is 408 g/mol. The minimum atomic E-state index is -0.508. The summed E-state index contributed by atoms with van der Waals surface area (Å²) >= 11 is 3.57. The summed E-state index contributed by atoms with van der Waals surface area (Å²) in [7, 11) is 1.63. The maximum atomic E-state index is 12.2. The van der Waals surface area contributed by atoms with Crippen molar-refractivity contribution < 1.29 is 14.3 Å². The molecule has 1 aromatic carbocycles. The zero-order chi connectivity index (χ0) is 18.7. The molecule has 0 radical (unpaired) electrons. The maximum Gasteiger partial charge on any atom is 0.410 e. The van der Waals surface area contributed by atoms with Crippen molar-refractivity contribution in [1.82, 2.24) is 4.90 Å². The van der Waals surface area contributed by atoms with Gasteiger partial charge in [-0.2, -0.15) is 5.26 Å². The molecule has 2 rings (SSSR count). The molecule has 25 heavy (non-hydrogen) atoms. The Bertz CT molecular complexity index is 668. The van der Waals surface area contributed by atoms with E-state index in [9.17, 15) is 10.1 Å². The first-order valence-corrected chi connectivity index (χ1v) is 9.19. The fourth-order valence-electron chi connectivity index (χ4n) is 2.99. The summed E-state index contributed by atoms with van der Waals surface area (Å²) in [6.45, 7) is 6.63. The molecule has 1 amide bonds. The summed E-state index contributed by atoms with van der Waals surface area (Å²) in [5, 5.41) is 9.80. The van der Waals surface area contributed by atoms with E-state index in [0.29, 0.717) is 32.4 Å². The highest BCUT2D eigenvalue weighted by atomic mass is 79.9. The zero-order valence-corrected chi connectivity index (χ0v) is 16.9. The van der Waals surface area contributed by atoms with Gasteiger partial charge in [-0.3, -0.25) is 0 Å². The highest BCUT2D eigenvalue weighted by molar-refractivity contribution is 9.10. The van der Waals surface area contributed by atoms with Crippen LogP contribution in [0.15, 0.2) is 22.7 Å². The lowest BCUT2D eigenvalue weighted by atomic mass is 9.75. The Labute approximate surface area is 158 Å². The molecule has 0 spiro atoms. The van der Waals surface area contributed by atoms with Crippen LogP contribution in [0.1, 0.15) is 39.2 Å². The van der Waals surface area contributed by atoms with Crippen LogP contribution in [0.4, 0.5) is 4.79 Å². The van der Waals surface area contributed by atoms with Gasteiger partial charge in [0, 0.05) is 13.1 Å². The van der Waals surface area contributed by atoms with Crippen LogP contribution in [0.25, 0.3) is 0 Å². The molecule has 1 aliphatic rings. The average molecular weight is 409 g/mol. The molecular formula is C19H25BrN2O3. The number of likely N-dealkylation sites (tertiary alicyclic amines) is 1. The van der Waals surface area contributed by atoms with Gasteiger partial charge in [0.25, 0.3) is 0 Å². The first-order valence-electron chi connectivity index (χ1n) is 8.40. The molecule has 0 unspecified atom stereocenters. The van der Waals surface area contributed by atoms with E-state index in [1.807, 2.05) is 39.0 Å². The Morgan fingerprint density at radius 2 is 2.00 bits per heavy atom. The number of benzene rings is 1. The summed E-state index contributed by atoms with van der Waals surface area (Å²) in [6.07, 6.45) is 1.59. The van der Waals surface area contributed by atoms with Crippen molar-refractivity contribution in [3.05, 3.63) is 28.2 Å². The normalized spacial score (nSPS) is 16.9. The molecular weight excluding hydrogens is 384 g/mol. The Morgan fingerprint density at radius 3 is 2.52 bits per heavy atom. The molecule has 0 saturated carbocycles. The number of nitrogens with zero attached hydrogens (tertiary/aromatic N) is 2. The Balaban J connectivity index is 2.07. The van der Waals surface area contributed by atoms with Crippen molar-refractivity contribution in [2.45, 2.75) is 45.6 Å². The smallest absolute Gasteiger partial charge is 0.410 e. The van der Waals surface area contributed by atoms with E-state index in [2.05, 4.69) is 22.0 Å². The molecule has 136 valence electrons. The molecule has 1 aromatic rings. The van der Waals surface area contributed by atoms with Crippen molar-refractivity contribution in [3.8, 4) is 11.8 Å². The number of amides is 1. The molecule has 1 saturated heterocycles. The number of hydrogen-bond donors (Lipinski definition) is 0. The Morgan fingerprint density at radius 1 is 1.36 bits per heavy atom. The largest absolute Gasteiger partial charge is 0.496 e. The lowest BCUT2D eigenvalue weighted by molar-refractivity contribution is 0.0148. The molecule has 0 N–H and O–H groups in total. The fourth-order valence-corrected chi connectivity index (χ4v) is 3.55. The number of halogens is 1. The van der Waals surface area contributed by atoms with Crippen molar-refractivity contribution in [3.63, 3.8) is 0 Å². The maximum absolute atomic E-state index is 12.2. The zero-order valence-electron chi connectivity index (χ0n) is 15.3. The topological polar surface area (TPSA) is 62.6 Å². The van der Waals surface area contributed by atoms with E-state index in [1.165, 1.54) is 0 Å². The van der Waals surface area contributed by atoms with Crippen LogP contribution in [0.5, 0.6) is 5.75 Å². The molecule has 0 atom stereocenters. The second-order valence-corrected chi connectivity index (χ2v) is 8.26. The number of hydrogen-bond acceptors (Lipinski definition) is 4. The van der Waals surface area contributed by atoms with Gasteiger partial charge in [-0.25, -0.2) is 4.79 Å². The Hall–Kier alpha value is -1.74. The van der Waals surface area contributed by atoms with Gasteiger partial charge < -0.3 is 14.4 Å². The molecule has 1 heterocycles. The summed E-state index contributed by atoms with van der Waals surface area (Å²) < 4.78 is 11.7. The van der Waals surface area contributed by atoms with Crippen LogP contribution in [0.3, 0.4) is 0 Å². The van der Waals surface area contributed by atoms with E-state index in [-0.39, 0.29) is 6.09 Å². The van der Waals surface area contributed by atoms with E-state index in [1.54, 1.807) is 12.0 Å². The predicted octanol–water partition coefficient (Wildman–Crippen LogP) is 4.54. The highest BCUT2D eigenvalue weighted by Crippen LogP contribution is 2.38. The van der Waals surface area contributed by atoms with E-state index in [4.69, 9.17) is 9.47 Å². The minimum absolute atomic E-state index is 0.304. The van der Waals surface area contributed by atoms with Crippen molar-refractivity contribution in [2.75, 3.05) is 20.2 Å². The van der Waals surface area contributed by atoms with Gasteiger partial charge in [0.2, 0.25) is 0 Å². The van der Waals surface area contributed by atoms with Gasteiger partial charge >= 0.3 is 6.09 Å². The van der Waals surface area contributed by atoms with Gasteiger partial charge in [0.1, 0.15) is 11.4 Å². The summed E-state index contributed by atoms with van der Waals surface area (Å²) in [5.74, 6) is 0.761. The third kappa shape index (κ3) is 4.88. The van der Waals surface area contributed by atoms with Crippen LogP contribution in [0, 0.1) is 16.7 Å². The first kappa shape index (κ1) is 19.6. The van der Waals surface area contributed by atoms with Crippen molar-refractivity contribution in [2.24, 2.45) is 5.41 Å². The van der Waals surface area contributed by atoms with Crippen molar-refractivity contribution >= 4 is 22.0 Å². The molecule has 5 nitrogen and oxygen atoms in total. The first-order chi connectivity index (χ1) is 11.7. The van der Waals surface area contributed by atoms with Gasteiger partial charge in [-0.05, 0) is 67.6 Å². The number of carbonyl (C=O) groups excluding carboxylic acids is 1. The molecule has 0 aliphatic carbocycles. The quantitative estimate of drug-likeness (QED) is 0.735. The third-order valence-corrected chi connectivity index (χ3v) is 5.30. The van der Waals surface area contributed by atoms with E-state index in [0.717, 1.165) is 15.8 Å². The molecule has 1 aliphatic heterocycles. The Kier molecular flexibility index (Phi) is 5.99. The number of ether oxygens (including phenoxy) is 2. The fraction of sp³-hybridized carbons (Fsp3) is 0.579. The second kappa shape index (κ2) is 7.65. The lowest BCUT2D eigenvalue weighted by Crippen LogP contribution is -2.45. The van der Waals surface area contributed by atoms with Gasteiger partial charge in [-0.1, -0.05) is 12.1 Å². The number of rotatable bonds is 3. The summed E-state index contributed by atoms with van der Waals surface area (Å²) in [5.41, 5.74) is 0.0614. The van der Waals surface area contributed by atoms with Crippen molar-refractivity contribution in [1.29, 1.82) is 5.26 Å². The second-order valence-electron chi connectivity index (χ2n) is 7.47. The standard InChI is InChI=1S/C19H25BrN2O3/c1-18(2,3)25-17(23)22-10-8-19(13-21,9-11-22)12-14-6-5-7-15(24-4)16(14)20/h5-7H,8-12H2,1-4H3. The van der Waals surface area contributed by atoms with Gasteiger partial charge in [0.15, 0.2) is 0 Å². The molecule has 0 bridgehead atoms. The lowest BCUT2D eigenvalue weighted by Gasteiger charge is -2.38. The number of methoxy groups -OCH3 is 1. The number of piperidine rings is 1. The third-order valence-electron chi connectivity index (χ3n) is 4.40. The van der Waals surface area contributed by atoms with Crippen LogP contribution in [-0.2, 0) is 11.2 Å². The molecule has 6 heteroatoms. The molecule has 1 fully saturated rings. The highest BCUT2D eigenvalue weighted by Gasteiger charge is 2.38. The van der Waals surface area contributed by atoms with Crippen LogP contribution in [0.2, 0.25) is 0 Å². The van der Waals surface area contributed by atoms with Crippen LogP contribution >= 0.6 is 15.9 Å². The minimum Gasteiger partial charge on any atom is -0.496 e. The average Bonchev–Trinajstić information content (AvgIpc) is 2.56. The predicted molar refractivity (Wildman–Crippen MR) is 99.5 cm³/mol. The summed E-state index contributed by atoms with van der Waals surface area (Å²) in [6, 6.07) is 8.32. The van der Waals surface area contributed by atoms with Gasteiger partial charge in [-0.15, -0.1) is 0 Å². The molecule has 0 aromatic heterocycles. The van der Waals surface area contributed by atoms with Crippen LogP contribution < -0.4 is 4.74 Å². The van der Waals surface area contributed by atoms with E-state index >= 15 is 0 Å².